The number of phenolic OH excluding ortho intramolecular Hbond substituents is 1. The first-order valence-electron chi connectivity index (χ1n) is 4.84. The molecule has 0 fully saturated rings. The van der Waals surface area contributed by atoms with Gasteiger partial charge in [0.05, 0.1) is 13.0 Å². The Balaban J connectivity index is 2.65. The third-order valence-electron chi connectivity index (χ3n) is 2.03. The molecule has 0 saturated carbocycles. The Hall–Kier alpha value is -1.55. The van der Waals surface area contributed by atoms with Crippen molar-refractivity contribution in [1.29, 1.82) is 0 Å². The summed E-state index contributed by atoms with van der Waals surface area (Å²) in [5, 5.41) is 9.49. The largest absolute Gasteiger partial charge is 0.508 e. The van der Waals surface area contributed by atoms with Crippen LogP contribution in [0.5, 0.6) is 5.75 Å². The number of carbonyl (C=O) groups is 1. The van der Waals surface area contributed by atoms with Crippen molar-refractivity contribution in [2.75, 3.05) is 6.61 Å². The zero-order valence-corrected chi connectivity index (χ0v) is 8.64. The first-order valence-corrected chi connectivity index (χ1v) is 4.84. The zero-order valence-electron chi connectivity index (χ0n) is 8.64. The molecule has 0 bridgehead atoms. The fourth-order valence-corrected chi connectivity index (χ4v) is 1.31. The van der Waals surface area contributed by atoms with Gasteiger partial charge >= 0.3 is 5.97 Å². The minimum absolute atomic E-state index is 0.0748. The maximum absolute atomic E-state index is 11.2. The summed E-state index contributed by atoms with van der Waals surface area (Å²) >= 11 is 0. The molecule has 82 valence electrons. The Morgan fingerprint density at radius 1 is 1.53 bits per heavy atom. The number of benzene rings is 1. The third kappa shape index (κ3) is 3.25. The van der Waals surface area contributed by atoms with Gasteiger partial charge in [0.15, 0.2) is 0 Å². The lowest BCUT2D eigenvalue weighted by Gasteiger charge is -2.12. The molecule has 0 radical (unpaired) electrons. The number of nitrogens with two attached hydrogens (primary N) is 1. The molecule has 0 saturated heterocycles. The summed E-state index contributed by atoms with van der Waals surface area (Å²) in [6.07, 6.45) is 0.0748. The van der Waals surface area contributed by atoms with E-state index < -0.39 is 6.04 Å². The highest BCUT2D eigenvalue weighted by atomic mass is 16.5. The lowest BCUT2D eigenvalue weighted by atomic mass is 10.0. The van der Waals surface area contributed by atoms with Crippen LogP contribution < -0.4 is 5.73 Å². The summed E-state index contributed by atoms with van der Waals surface area (Å²) in [6.45, 7) is 2.08. The standard InChI is InChI=1S/C11H15NO3/c1-2-15-11(14)7-9(12)8-5-3-4-6-10(8)13/h3-6,9,13H,2,7,12H2,1H3/t9-/m0/s1. The molecule has 0 aliphatic heterocycles. The molecule has 0 spiro atoms. The number of aromatic hydroxyl groups is 1. The van der Waals surface area contributed by atoms with E-state index in [9.17, 15) is 9.90 Å². The number of phenols is 1. The highest BCUT2D eigenvalue weighted by molar-refractivity contribution is 5.70. The molecule has 0 unspecified atom stereocenters. The number of rotatable bonds is 4. The highest BCUT2D eigenvalue weighted by Crippen LogP contribution is 2.24. The molecule has 1 rings (SSSR count). The molecule has 1 atom stereocenters. The molecular formula is C11H15NO3. The molecule has 4 heteroatoms. The van der Waals surface area contributed by atoms with Gasteiger partial charge in [0, 0.05) is 11.6 Å². The van der Waals surface area contributed by atoms with Gasteiger partial charge in [-0.15, -0.1) is 0 Å². The summed E-state index contributed by atoms with van der Waals surface area (Å²) in [5.74, 6) is -0.248. The summed E-state index contributed by atoms with van der Waals surface area (Å²) in [5.41, 5.74) is 6.33. The Bertz CT molecular complexity index is 338. The number of hydrogen-bond donors (Lipinski definition) is 2. The minimum Gasteiger partial charge on any atom is -0.508 e. The lowest BCUT2D eigenvalue weighted by Crippen LogP contribution is -2.17. The molecule has 0 aliphatic carbocycles. The number of hydrogen-bond acceptors (Lipinski definition) is 4. The van der Waals surface area contributed by atoms with Gasteiger partial charge in [-0.2, -0.15) is 0 Å². The highest BCUT2D eigenvalue weighted by Gasteiger charge is 2.14. The van der Waals surface area contributed by atoms with E-state index in [0.717, 1.165) is 0 Å². The molecular weight excluding hydrogens is 194 g/mol. The van der Waals surface area contributed by atoms with E-state index in [0.29, 0.717) is 12.2 Å². The second kappa shape index (κ2) is 5.36. The van der Waals surface area contributed by atoms with Crippen LogP contribution in [-0.2, 0) is 9.53 Å². The molecule has 1 aromatic rings. The van der Waals surface area contributed by atoms with Crippen molar-refractivity contribution in [3.63, 3.8) is 0 Å². The Morgan fingerprint density at radius 2 is 2.20 bits per heavy atom. The zero-order chi connectivity index (χ0) is 11.3. The van der Waals surface area contributed by atoms with Crippen molar-refractivity contribution >= 4 is 5.97 Å². The third-order valence-corrected chi connectivity index (χ3v) is 2.03. The van der Waals surface area contributed by atoms with Gasteiger partial charge in [0.1, 0.15) is 5.75 Å². The maximum atomic E-state index is 11.2. The maximum Gasteiger partial charge on any atom is 0.307 e. The van der Waals surface area contributed by atoms with Gasteiger partial charge in [-0.05, 0) is 13.0 Å². The van der Waals surface area contributed by atoms with E-state index in [2.05, 4.69) is 0 Å². The van der Waals surface area contributed by atoms with Crippen LogP contribution in [0.2, 0.25) is 0 Å². The Labute approximate surface area is 88.7 Å². The van der Waals surface area contributed by atoms with Crippen LogP contribution in [0.1, 0.15) is 24.9 Å². The summed E-state index contributed by atoms with van der Waals surface area (Å²) in [4.78, 5) is 11.2. The quantitative estimate of drug-likeness (QED) is 0.734. The molecule has 0 aliphatic rings. The molecule has 0 amide bonds. The van der Waals surface area contributed by atoms with E-state index in [-0.39, 0.29) is 18.1 Å². The summed E-state index contributed by atoms with van der Waals surface area (Å²) in [6, 6.07) is 6.18. The number of esters is 1. The SMILES string of the molecule is CCOC(=O)C[C@H](N)c1ccccc1O. The fraction of sp³-hybridized carbons (Fsp3) is 0.364. The molecule has 1 aromatic carbocycles. The number of para-hydroxylation sites is 1. The lowest BCUT2D eigenvalue weighted by molar-refractivity contribution is -0.143. The smallest absolute Gasteiger partial charge is 0.307 e. The van der Waals surface area contributed by atoms with Crippen molar-refractivity contribution in [2.24, 2.45) is 5.73 Å². The van der Waals surface area contributed by atoms with Crippen molar-refractivity contribution in [3.05, 3.63) is 29.8 Å². The number of carbonyl (C=O) groups excluding carboxylic acids is 1. The average Bonchev–Trinajstić information content (AvgIpc) is 2.18. The van der Waals surface area contributed by atoms with Crippen molar-refractivity contribution < 1.29 is 14.6 Å². The van der Waals surface area contributed by atoms with Gasteiger partial charge < -0.3 is 15.6 Å². The summed E-state index contributed by atoms with van der Waals surface area (Å²) in [7, 11) is 0. The van der Waals surface area contributed by atoms with Gasteiger partial charge in [0.2, 0.25) is 0 Å². The van der Waals surface area contributed by atoms with Crippen LogP contribution in [0, 0.1) is 0 Å². The molecule has 3 N–H and O–H groups in total. The summed E-state index contributed by atoms with van der Waals surface area (Å²) < 4.78 is 4.77. The molecule has 15 heavy (non-hydrogen) atoms. The van der Waals surface area contributed by atoms with Gasteiger partial charge in [-0.25, -0.2) is 0 Å². The van der Waals surface area contributed by atoms with Gasteiger partial charge in [-0.3, -0.25) is 4.79 Å². The predicted octanol–water partition coefficient (Wildman–Crippen LogP) is 1.35. The second-order valence-electron chi connectivity index (χ2n) is 3.17. The van der Waals surface area contributed by atoms with Crippen LogP contribution in [0.25, 0.3) is 0 Å². The Morgan fingerprint density at radius 3 is 2.80 bits per heavy atom. The van der Waals surface area contributed by atoms with E-state index in [4.69, 9.17) is 10.5 Å². The van der Waals surface area contributed by atoms with Crippen LogP contribution in [0.3, 0.4) is 0 Å². The fourth-order valence-electron chi connectivity index (χ4n) is 1.31. The van der Waals surface area contributed by atoms with E-state index in [1.54, 1.807) is 31.2 Å². The molecule has 4 nitrogen and oxygen atoms in total. The van der Waals surface area contributed by atoms with Crippen molar-refractivity contribution in [1.82, 2.24) is 0 Å². The van der Waals surface area contributed by atoms with Crippen LogP contribution in [0.15, 0.2) is 24.3 Å². The van der Waals surface area contributed by atoms with Crippen molar-refractivity contribution in [2.45, 2.75) is 19.4 Å². The van der Waals surface area contributed by atoms with E-state index in [1.807, 2.05) is 0 Å². The minimum atomic E-state index is -0.523. The van der Waals surface area contributed by atoms with Crippen LogP contribution >= 0.6 is 0 Å². The first-order chi connectivity index (χ1) is 7.15. The van der Waals surface area contributed by atoms with Gasteiger partial charge in [-0.1, -0.05) is 18.2 Å². The topological polar surface area (TPSA) is 72.5 Å². The Kier molecular flexibility index (Phi) is 4.12. The predicted molar refractivity (Wildman–Crippen MR) is 56.3 cm³/mol. The van der Waals surface area contributed by atoms with Crippen LogP contribution in [-0.4, -0.2) is 17.7 Å². The van der Waals surface area contributed by atoms with E-state index in [1.165, 1.54) is 0 Å². The van der Waals surface area contributed by atoms with Crippen molar-refractivity contribution in [3.8, 4) is 5.75 Å². The number of ether oxygens (including phenoxy) is 1. The first kappa shape index (κ1) is 11.5. The van der Waals surface area contributed by atoms with E-state index >= 15 is 0 Å². The molecule has 0 aromatic heterocycles. The normalized spacial score (nSPS) is 12.1. The monoisotopic (exact) mass is 209 g/mol. The average molecular weight is 209 g/mol. The van der Waals surface area contributed by atoms with Crippen LogP contribution in [0.4, 0.5) is 0 Å². The van der Waals surface area contributed by atoms with Gasteiger partial charge in [0.25, 0.3) is 0 Å². The molecule has 0 heterocycles. The second-order valence-corrected chi connectivity index (χ2v) is 3.17.